The van der Waals surface area contributed by atoms with Gasteiger partial charge in [-0.15, -0.1) is 24.0 Å². The Hall–Kier alpha value is -0.890. The van der Waals surface area contributed by atoms with Gasteiger partial charge in [0, 0.05) is 26.7 Å². The fraction of sp³-hybridized carbons (Fsp3) is 0.611. The van der Waals surface area contributed by atoms with Crippen LogP contribution in [0.25, 0.3) is 0 Å². The van der Waals surface area contributed by atoms with Gasteiger partial charge in [-0.25, -0.2) is 4.39 Å². The zero-order chi connectivity index (χ0) is 16.5. The Morgan fingerprint density at radius 3 is 2.71 bits per heavy atom. The Kier molecular flexibility index (Phi) is 10.2. The van der Waals surface area contributed by atoms with Crippen LogP contribution in [0.4, 0.5) is 4.39 Å². The lowest BCUT2D eigenvalue weighted by Crippen LogP contribution is -2.37. The van der Waals surface area contributed by atoms with E-state index in [0.717, 1.165) is 31.1 Å². The highest BCUT2D eigenvalue weighted by atomic mass is 127. The molecule has 0 heterocycles. The second-order valence-corrected chi connectivity index (χ2v) is 6.07. The molecule has 136 valence electrons. The van der Waals surface area contributed by atoms with Gasteiger partial charge in [0.05, 0.1) is 6.10 Å². The van der Waals surface area contributed by atoms with E-state index in [1.807, 2.05) is 6.07 Å². The minimum Gasteiger partial charge on any atom is -0.378 e. The van der Waals surface area contributed by atoms with Crippen molar-refractivity contribution in [1.82, 2.24) is 10.6 Å². The number of nitrogens with zero attached hydrogens (tertiary/aromatic N) is 1. The Balaban J connectivity index is 0.00000288. The van der Waals surface area contributed by atoms with E-state index in [9.17, 15) is 4.39 Å². The third kappa shape index (κ3) is 7.34. The number of benzene rings is 1. The number of rotatable bonds is 7. The van der Waals surface area contributed by atoms with Crippen molar-refractivity contribution in [2.45, 2.75) is 51.7 Å². The first-order valence-corrected chi connectivity index (χ1v) is 8.50. The smallest absolute Gasteiger partial charge is 0.191 e. The molecule has 1 saturated carbocycles. The zero-order valence-electron chi connectivity index (χ0n) is 14.6. The minimum atomic E-state index is -0.170. The van der Waals surface area contributed by atoms with Crippen molar-refractivity contribution in [1.29, 1.82) is 0 Å². The molecule has 2 N–H and O–H groups in total. The molecule has 0 atom stereocenters. The number of aryl methyl sites for hydroxylation is 1. The highest BCUT2D eigenvalue weighted by Crippen LogP contribution is 2.20. The maximum absolute atomic E-state index is 13.5. The summed E-state index contributed by atoms with van der Waals surface area (Å²) in [7, 11) is 1.74. The largest absolute Gasteiger partial charge is 0.378 e. The monoisotopic (exact) mass is 449 g/mol. The lowest BCUT2D eigenvalue weighted by atomic mass is 10.1. The van der Waals surface area contributed by atoms with Crippen LogP contribution >= 0.6 is 24.0 Å². The molecule has 0 bridgehead atoms. The zero-order valence-corrected chi connectivity index (χ0v) is 16.9. The van der Waals surface area contributed by atoms with Crippen LogP contribution in [-0.2, 0) is 11.3 Å². The molecular weight excluding hydrogens is 420 g/mol. The predicted octanol–water partition coefficient (Wildman–Crippen LogP) is 3.77. The molecule has 0 unspecified atom stereocenters. The van der Waals surface area contributed by atoms with Crippen molar-refractivity contribution in [3.8, 4) is 0 Å². The van der Waals surface area contributed by atoms with E-state index in [1.54, 1.807) is 26.1 Å². The maximum atomic E-state index is 13.5. The van der Waals surface area contributed by atoms with Gasteiger partial charge >= 0.3 is 0 Å². The van der Waals surface area contributed by atoms with E-state index in [1.165, 1.54) is 25.7 Å². The molecule has 2 rings (SSSR count). The molecule has 1 aromatic carbocycles. The summed E-state index contributed by atoms with van der Waals surface area (Å²) in [5.74, 6) is 0.558. The number of aliphatic imine (C=N–C) groups is 1. The average molecular weight is 449 g/mol. The van der Waals surface area contributed by atoms with Crippen LogP contribution in [0.3, 0.4) is 0 Å². The molecule has 0 aliphatic heterocycles. The summed E-state index contributed by atoms with van der Waals surface area (Å²) >= 11 is 0. The van der Waals surface area contributed by atoms with Crippen molar-refractivity contribution in [2.24, 2.45) is 4.99 Å². The molecule has 0 aromatic heterocycles. The second kappa shape index (κ2) is 11.6. The number of hydrogen-bond acceptors (Lipinski definition) is 2. The van der Waals surface area contributed by atoms with Crippen molar-refractivity contribution >= 4 is 29.9 Å². The first-order valence-electron chi connectivity index (χ1n) is 8.50. The minimum absolute atomic E-state index is 0. The SMILES string of the molecule is CN=C(NCCCOC1CCCC1)NCc1ccc(C)c(F)c1.I. The van der Waals surface area contributed by atoms with E-state index in [4.69, 9.17) is 4.74 Å². The molecular formula is C18H29FIN3O. The summed E-state index contributed by atoms with van der Waals surface area (Å²) in [6.07, 6.45) is 6.46. The van der Waals surface area contributed by atoms with Crippen molar-refractivity contribution < 1.29 is 9.13 Å². The first kappa shape index (κ1) is 21.2. The third-order valence-electron chi connectivity index (χ3n) is 4.19. The van der Waals surface area contributed by atoms with Crippen molar-refractivity contribution in [3.05, 3.63) is 35.1 Å². The number of hydrogen-bond donors (Lipinski definition) is 2. The predicted molar refractivity (Wildman–Crippen MR) is 108 cm³/mol. The van der Waals surface area contributed by atoms with E-state index in [0.29, 0.717) is 18.2 Å². The number of guanidine groups is 1. The summed E-state index contributed by atoms with van der Waals surface area (Å²) in [5.41, 5.74) is 1.57. The lowest BCUT2D eigenvalue weighted by Gasteiger charge is -2.14. The van der Waals surface area contributed by atoms with Crippen LogP contribution in [0.2, 0.25) is 0 Å². The third-order valence-corrected chi connectivity index (χ3v) is 4.19. The normalized spacial score (nSPS) is 15.2. The van der Waals surface area contributed by atoms with Crippen molar-refractivity contribution in [3.63, 3.8) is 0 Å². The number of ether oxygens (including phenoxy) is 1. The van der Waals surface area contributed by atoms with Gasteiger partial charge in [0.15, 0.2) is 5.96 Å². The molecule has 4 nitrogen and oxygen atoms in total. The Bertz CT molecular complexity index is 519. The molecule has 1 aliphatic carbocycles. The van der Waals surface area contributed by atoms with E-state index in [2.05, 4.69) is 15.6 Å². The summed E-state index contributed by atoms with van der Waals surface area (Å²) in [6, 6.07) is 5.28. The molecule has 6 heteroatoms. The Labute approximate surface area is 161 Å². The summed E-state index contributed by atoms with van der Waals surface area (Å²) in [6.45, 7) is 3.92. The molecule has 1 aliphatic rings. The molecule has 0 amide bonds. The lowest BCUT2D eigenvalue weighted by molar-refractivity contribution is 0.0574. The molecule has 0 spiro atoms. The molecule has 0 saturated heterocycles. The van der Waals surface area contributed by atoms with Crippen LogP contribution in [0.5, 0.6) is 0 Å². The molecule has 1 fully saturated rings. The molecule has 24 heavy (non-hydrogen) atoms. The van der Waals surface area contributed by atoms with Gasteiger partial charge < -0.3 is 15.4 Å². The first-order chi connectivity index (χ1) is 11.2. The fourth-order valence-corrected chi connectivity index (χ4v) is 2.74. The van der Waals surface area contributed by atoms with Gasteiger partial charge in [-0.3, -0.25) is 4.99 Å². The molecule has 0 radical (unpaired) electrons. The average Bonchev–Trinajstić information content (AvgIpc) is 3.06. The summed E-state index contributed by atoms with van der Waals surface area (Å²) < 4.78 is 19.3. The Morgan fingerprint density at radius 2 is 2.04 bits per heavy atom. The number of halogens is 2. The van der Waals surface area contributed by atoms with Crippen molar-refractivity contribution in [2.75, 3.05) is 20.2 Å². The van der Waals surface area contributed by atoms with Gasteiger partial charge in [-0.2, -0.15) is 0 Å². The van der Waals surface area contributed by atoms with Crippen LogP contribution < -0.4 is 10.6 Å². The van der Waals surface area contributed by atoms with Crippen LogP contribution in [-0.4, -0.2) is 32.3 Å². The summed E-state index contributed by atoms with van der Waals surface area (Å²) in [5, 5.41) is 6.45. The van der Waals surface area contributed by atoms with Gasteiger partial charge in [-0.1, -0.05) is 25.0 Å². The summed E-state index contributed by atoms with van der Waals surface area (Å²) in [4.78, 5) is 4.18. The fourth-order valence-electron chi connectivity index (χ4n) is 2.74. The van der Waals surface area contributed by atoms with Gasteiger partial charge in [0.2, 0.25) is 0 Å². The molecule has 1 aromatic rings. The topological polar surface area (TPSA) is 45.7 Å². The highest BCUT2D eigenvalue weighted by Gasteiger charge is 2.14. The standard InChI is InChI=1S/C18H28FN3O.HI/c1-14-8-9-15(12-17(14)19)13-22-18(20-2)21-10-5-11-23-16-6-3-4-7-16;/h8-9,12,16H,3-7,10-11,13H2,1-2H3,(H2,20,21,22);1H. The van der Waals surface area contributed by atoms with E-state index < -0.39 is 0 Å². The van der Waals surface area contributed by atoms with Gasteiger partial charge in [-0.05, 0) is 43.4 Å². The quantitative estimate of drug-likeness (QED) is 0.289. The van der Waals surface area contributed by atoms with Gasteiger partial charge in [0.1, 0.15) is 5.82 Å². The van der Waals surface area contributed by atoms with Gasteiger partial charge in [0.25, 0.3) is 0 Å². The Morgan fingerprint density at radius 1 is 1.29 bits per heavy atom. The maximum Gasteiger partial charge on any atom is 0.191 e. The highest BCUT2D eigenvalue weighted by molar-refractivity contribution is 14.0. The van der Waals surface area contributed by atoms with Crippen LogP contribution in [0, 0.1) is 12.7 Å². The second-order valence-electron chi connectivity index (χ2n) is 6.07. The number of nitrogens with one attached hydrogen (secondary N) is 2. The van der Waals surface area contributed by atoms with E-state index >= 15 is 0 Å². The van der Waals surface area contributed by atoms with Crippen LogP contribution in [0.1, 0.15) is 43.2 Å². The van der Waals surface area contributed by atoms with Crippen LogP contribution in [0.15, 0.2) is 23.2 Å². The van der Waals surface area contributed by atoms with E-state index in [-0.39, 0.29) is 29.8 Å².